The Morgan fingerprint density at radius 3 is 2.37 bits per heavy atom. The van der Waals surface area contributed by atoms with Gasteiger partial charge >= 0.3 is 6.36 Å². The Balaban J connectivity index is 1.51. The first kappa shape index (κ1) is 19.1. The number of hydrogen-bond acceptors (Lipinski definition) is 3. The van der Waals surface area contributed by atoms with Gasteiger partial charge in [-0.3, -0.25) is 4.98 Å². The van der Waals surface area contributed by atoms with Gasteiger partial charge in [-0.15, -0.1) is 13.2 Å². The van der Waals surface area contributed by atoms with Crippen molar-refractivity contribution in [1.29, 1.82) is 0 Å². The minimum atomic E-state index is -4.72. The molecule has 2 aromatic carbocycles. The molecule has 7 heteroatoms. The summed E-state index contributed by atoms with van der Waals surface area (Å²) in [7, 11) is 0. The zero-order chi connectivity index (χ0) is 20.9. The summed E-state index contributed by atoms with van der Waals surface area (Å²) in [5, 5.41) is 0. The summed E-state index contributed by atoms with van der Waals surface area (Å²) in [5.74, 6) is -0.247. The quantitative estimate of drug-likeness (QED) is 0.483. The zero-order valence-electron chi connectivity index (χ0n) is 15.9. The van der Waals surface area contributed by atoms with E-state index in [-0.39, 0.29) is 5.75 Å². The van der Waals surface area contributed by atoms with Crippen LogP contribution in [0.2, 0.25) is 0 Å². The number of anilines is 1. The molecule has 2 aliphatic heterocycles. The van der Waals surface area contributed by atoms with Crippen LogP contribution in [0, 0.1) is 0 Å². The smallest absolute Gasteiger partial charge is 0.406 e. The molecule has 0 amide bonds. The predicted octanol–water partition coefficient (Wildman–Crippen LogP) is 5.95. The third-order valence-corrected chi connectivity index (χ3v) is 5.95. The van der Waals surface area contributed by atoms with E-state index in [9.17, 15) is 13.2 Å². The van der Waals surface area contributed by atoms with Crippen molar-refractivity contribution in [1.82, 2.24) is 4.98 Å². The van der Waals surface area contributed by atoms with Gasteiger partial charge in [-0.1, -0.05) is 24.4 Å². The highest BCUT2D eigenvalue weighted by molar-refractivity contribution is 7.80. The highest BCUT2D eigenvalue weighted by Crippen LogP contribution is 2.40. The minimum absolute atomic E-state index is 0.247. The molecule has 0 spiro atoms. The van der Waals surface area contributed by atoms with Gasteiger partial charge in [0.15, 0.2) is 0 Å². The highest BCUT2D eigenvalue weighted by Gasteiger charge is 2.31. The summed E-state index contributed by atoms with van der Waals surface area (Å²) in [4.78, 5) is 7.59. The lowest BCUT2D eigenvalue weighted by molar-refractivity contribution is -0.274. The van der Waals surface area contributed by atoms with Crippen LogP contribution in [0.15, 0.2) is 54.9 Å². The van der Waals surface area contributed by atoms with Gasteiger partial charge in [0.25, 0.3) is 0 Å². The third-order valence-electron chi connectivity index (χ3n) is 5.52. The lowest BCUT2D eigenvalue weighted by Gasteiger charge is -2.28. The molecular formula is C23H17F3N2OS. The molecule has 0 unspecified atom stereocenters. The molecule has 0 aliphatic carbocycles. The number of ether oxygens (including phenoxy) is 1. The summed E-state index contributed by atoms with van der Waals surface area (Å²) in [6, 6.07) is 12.3. The molecule has 0 atom stereocenters. The normalized spacial score (nSPS) is 15.3. The summed E-state index contributed by atoms with van der Waals surface area (Å²) in [6.07, 6.45) is 1.48. The largest absolute Gasteiger partial charge is 0.573 e. The Morgan fingerprint density at radius 2 is 1.60 bits per heavy atom. The van der Waals surface area contributed by atoms with Gasteiger partial charge in [0.1, 0.15) is 5.75 Å². The summed E-state index contributed by atoms with van der Waals surface area (Å²) >= 11 is 5.51. The van der Waals surface area contributed by atoms with Gasteiger partial charge in [-0.05, 0) is 65.4 Å². The molecule has 152 valence electrons. The molecule has 0 saturated carbocycles. The topological polar surface area (TPSA) is 25.4 Å². The lowest BCUT2D eigenvalue weighted by atomic mass is 9.93. The van der Waals surface area contributed by atoms with E-state index in [2.05, 4.69) is 26.8 Å². The molecule has 0 saturated heterocycles. The number of halogens is 3. The Kier molecular flexibility index (Phi) is 4.50. The summed E-state index contributed by atoms with van der Waals surface area (Å²) in [6.45, 7) is 0.926. The maximum Gasteiger partial charge on any atom is 0.573 e. The van der Waals surface area contributed by atoms with Crippen molar-refractivity contribution in [2.75, 3.05) is 11.4 Å². The van der Waals surface area contributed by atoms with Crippen LogP contribution >= 0.6 is 12.2 Å². The molecule has 0 N–H and O–H groups in total. The van der Waals surface area contributed by atoms with E-state index in [1.807, 2.05) is 6.07 Å². The number of nitrogens with zero attached hydrogens (tertiary/aromatic N) is 2. The maximum atomic E-state index is 12.6. The number of thiocarbonyl (C=S) groups is 1. The second-order valence-corrected chi connectivity index (χ2v) is 7.95. The number of hydrogen-bond donors (Lipinski definition) is 0. The van der Waals surface area contributed by atoms with Crippen molar-refractivity contribution in [2.24, 2.45) is 0 Å². The third kappa shape index (κ3) is 3.54. The Morgan fingerprint density at radius 1 is 0.867 bits per heavy atom. The van der Waals surface area contributed by atoms with E-state index in [0.717, 1.165) is 47.5 Å². The minimum Gasteiger partial charge on any atom is -0.406 e. The van der Waals surface area contributed by atoms with Crippen molar-refractivity contribution in [3.63, 3.8) is 0 Å². The van der Waals surface area contributed by atoms with E-state index in [1.165, 1.54) is 28.9 Å². The fourth-order valence-corrected chi connectivity index (χ4v) is 4.54. The van der Waals surface area contributed by atoms with E-state index < -0.39 is 6.36 Å². The van der Waals surface area contributed by atoms with Gasteiger partial charge in [-0.2, -0.15) is 0 Å². The van der Waals surface area contributed by atoms with E-state index >= 15 is 0 Å². The van der Waals surface area contributed by atoms with Crippen LogP contribution in [-0.4, -0.2) is 22.9 Å². The van der Waals surface area contributed by atoms with Crippen LogP contribution in [0.25, 0.3) is 22.3 Å². The number of aromatic nitrogens is 1. The molecule has 0 bridgehead atoms. The molecule has 3 nitrogen and oxygen atoms in total. The van der Waals surface area contributed by atoms with E-state index in [1.54, 1.807) is 24.5 Å². The van der Waals surface area contributed by atoms with Crippen LogP contribution in [0.1, 0.15) is 17.5 Å². The SMILES string of the molecule is FC(F)(F)Oc1cccc(-c2cncc(-c3cc4c5c(c3)CCN5C(=S)CC4)c2)c1. The van der Waals surface area contributed by atoms with Crippen LogP contribution in [-0.2, 0) is 12.8 Å². The van der Waals surface area contributed by atoms with Crippen molar-refractivity contribution < 1.29 is 17.9 Å². The van der Waals surface area contributed by atoms with Gasteiger partial charge < -0.3 is 9.64 Å². The highest BCUT2D eigenvalue weighted by atomic mass is 32.1. The molecule has 0 fully saturated rings. The fraction of sp³-hybridized carbons (Fsp3) is 0.217. The van der Waals surface area contributed by atoms with Crippen LogP contribution in [0.3, 0.4) is 0 Å². The molecule has 30 heavy (non-hydrogen) atoms. The number of benzene rings is 2. The Hall–Kier alpha value is -2.93. The maximum absolute atomic E-state index is 12.6. The number of pyridine rings is 1. The standard InChI is InChI=1S/C23H17F3N2OS/c24-23(25,26)29-20-3-1-2-14(11-20)18-10-19(13-27-12-18)17-8-15-4-5-21(30)28-7-6-16(9-17)22(15)28/h1-3,8-13H,4-7H2. The van der Waals surface area contributed by atoms with Crippen molar-refractivity contribution in [2.45, 2.75) is 25.6 Å². The zero-order valence-corrected chi connectivity index (χ0v) is 16.7. The van der Waals surface area contributed by atoms with Crippen molar-refractivity contribution in [3.8, 4) is 28.0 Å². The summed E-state index contributed by atoms with van der Waals surface area (Å²) in [5.41, 5.74) is 7.18. The lowest BCUT2D eigenvalue weighted by Crippen LogP contribution is -2.31. The van der Waals surface area contributed by atoms with E-state index in [0.29, 0.717) is 5.56 Å². The van der Waals surface area contributed by atoms with Crippen molar-refractivity contribution >= 4 is 22.9 Å². The second-order valence-electron chi connectivity index (χ2n) is 7.48. The fourth-order valence-electron chi connectivity index (χ4n) is 4.25. The summed E-state index contributed by atoms with van der Waals surface area (Å²) < 4.78 is 41.7. The molecule has 1 aromatic heterocycles. The van der Waals surface area contributed by atoms with Crippen LogP contribution in [0.4, 0.5) is 18.9 Å². The molecule has 3 aromatic rings. The van der Waals surface area contributed by atoms with Crippen LogP contribution < -0.4 is 9.64 Å². The van der Waals surface area contributed by atoms with Gasteiger partial charge in [0.05, 0.1) is 4.99 Å². The Bertz CT molecular complexity index is 1160. The number of rotatable bonds is 3. The first-order valence-electron chi connectivity index (χ1n) is 9.65. The average molecular weight is 426 g/mol. The number of alkyl halides is 3. The van der Waals surface area contributed by atoms with Crippen molar-refractivity contribution in [3.05, 3.63) is 66.0 Å². The second kappa shape index (κ2) is 7.09. The first-order chi connectivity index (χ1) is 14.4. The van der Waals surface area contributed by atoms with Gasteiger partial charge in [0.2, 0.25) is 0 Å². The van der Waals surface area contributed by atoms with Gasteiger partial charge in [-0.25, -0.2) is 0 Å². The van der Waals surface area contributed by atoms with E-state index in [4.69, 9.17) is 12.2 Å². The molecule has 5 rings (SSSR count). The first-order valence-corrected chi connectivity index (χ1v) is 10.1. The molecular weight excluding hydrogens is 409 g/mol. The molecule has 2 aliphatic rings. The van der Waals surface area contributed by atoms with Crippen LogP contribution in [0.5, 0.6) is 5.75 Å². The van der Waals surface area contributed by atoms with Gasteiger partial charge in [0, 0.05) is 42.2 Å². The Labute approximate surface area is 177 Å². The average Bonchev–Trinajstić information content (AvgIpc) is 3.15. The molecule has 0 radical (unpaired) electrons. The number of aryl methyl sites for hydroxylation is 1. The molecule has 3 heterocycles. The predicted molar refractivity (Wildman–Crippen MR) is 114 cm³/mol. The monoisotopic (exact) mass is 426 g/mol.